The van der Waals surface area contributed by atoms with Gasteiger partial charge in [-0.1, -0.05) is 45.0 Å². The van der Waals surface area contributed by atoms with Gasteiger partial charge in [-0.25, -0.2) is 9.79 Å². The standard InChI is InChI=1S/C41H57N11O3/c1-28-10-8-11-29(2)52(28)40-48-47-38-17-14-31(27-51(38)40)55-35-16-15-34(32-12-6-7-13-33(32)35)45-39(53)46-37(24-36(42)41(3,4)5)44-30-25-43-50(26-30)20-19-49-18-9-22-54-23-21-49/h6-7,12-14,17,24-29,34-35H,8-11,15-16,18-23,42H2,1-5H3,(H2,44,45,46,53)/t28-,29?,34-,35+/m0/s1. The second kappa shape index (κ2) is 16.8. The Kier molecular flexibility index (Phi) is 11.7. The van der Waals surface area contributed by atoms with Gasteiger partial charge in [-0.05, 0) is 75.6 Å². The van der Waals surface area contributed by atoms with Crippen molar-refractivity contribution in [1.29, 1.82) is 0 Å². The molecule has 14 nitrogen and oxygen atoms in total. The first kappa shape index (κ1) is 38.3. The van der Waals surface area contributed by atoms with Gasteiger partial charge in [0.25, 0.3) is 0 Å². The van der Waals surface area contributed by atoms with Crippen LogP contribution in [-0.2, 0) is 11.3 Å². The third-order valence-electron chi connectivity index (χ3n) is 11.0. The summed E-state index contributed by atoms with van der Waals surface area (Å²) in [6.07, 6.45) is 13.1. The maximum atomic E-state index is 13.7. The van der Waals surface area contributed by atoms with Crippen LogP contribution in [0, 0.1) is 5.41 Å². The SMILES string of the molecule is CC1CCC[C@H](C)N1c1nnc2ccc(O[C@@H]3CC[C@H](NC(=O)NC(C=C(N)C(C)(C)C)=Nc4cnn(CCN5CCCOCC5)c4)c4ccccc43)cn12. The normalized spacial score (nSPS) is 23.0. The van der Waals surface area contributed by atoms with Gasteiger partial charge in [0.05, 0.1) is 37.8 Å². The molecule has 4 atom stereocenters. The largest absolute Gasteiger partial charge is 0.484 e. The highest BCUT2D eigenvalue weighted by atomic mass is 16.5. The molecule has 4 aromatic rings. The number of rotatable bonds is 9. The number of anilines is 1. The summed E-state index contributed by atoms with van der Waals surface area (Å²) in [5, 5.41) is 19.8. The van der Waals surface area contributed by atoms with E-state index in [1.54, 1.807) is 12.3 Å². The molecule has 3 aliphatic rings. The van der Waals surface area contributed by atoms with Crippen molar-refractivity contribution in [2.75, 3.05) is 37.7 Å². The molecule has 2 aliphatic heterocycles. The Balaban J connectivity index is 1.04. The molecule has 4 N–H and O–H groups in total. The molecule has 0 radical (unpaired) electrons. The van der Waals surface area contributed by atoms with Crippen molar-refractivity contribution in [3.8, 4) is 5.75 Å². The zero-order chi connectivity index (χ0) is 38.5. The minimum atomic E-state index is -0.363. The fourth-order valence-electron chi connectivity index (χ4n) is 7.82. The van der Waals surface area contributed by atoms with E-state index in [1.165, 1.54) is 6.42 Å². The predicted molar refractivity (Wildman–Crippen MR) is 215 cm³/mol. The van der Waals surface area contributed by atoms with Crippen LogP contribution in [0.3, 0.4) is 0 Å². The fourth-order valence-corrected chi connectivity index (χ4v) is 7.82. The number of piperidine rings is 1. The summed E-state index contributed by atoms with van der Waals surface area (Å²) < 4.78 is 16.2. The number of hydrogen-bond donors (Lipinski definition) is 3. The van der Waals surface area contributed by atoms with Gasteiger partial charge in [0.15, 0.2) is 5.65 Å². The minimum Gasteiger partial charge on any atom is -0.484 e. The van der Waals surface area contributed by atoms with Gasteiger partial charge in [-0.15, -0.1) is 10.2 Å². The van der Waals surface area contributed by atoms with Crippen LogP contribution in [0.25, 0.3) is 5.65 Å². The number of nitrogens with zero attached hydrogens (tertiary/aromatic N) is 8. The molecule has 1 aliphatic carbocycles. The maximum Gasteiger partial charge on any atom is 0.320 e. The molecule has 5 heterocycles. The Morgan fingerprint density at radius 1 is 0.982 bits per heavy atom. The number of ether oxygens (including phenoxy) is 2. The number of fused-ring (bicyclic) bond motifs is 2. The number of nitrogens with one attached hydrogen (secondary N) is 2. The Morgan fingerprint density at radius 3 is 2.58 bits per heavy atom. The number of aromatic nitrogens is 5. The van der Waals surface area contributed by atoms with Crippen molar-refractivity contribution in [2.45, 2.75) is 104 Å². The van der Waals surface area contributed by atoms with Crippen LogP contribution in [0.15, 0.2) is 71.8 Å². The zero-order valence-corrected chi connectivity index (χ0v) is 32.9. The summed E-state index contributed by atoms with van der Waals surface area (Å²) in [5.74, 6) is 1.95. The van der Waals surface area contributed by atoms with Crippen LogP contribution in [0.4, 0.5) is 16.4 Å². The zero-order valence-electron chi connectivity index (χ0n) is 32.9. The molecule has 14 heteroatoms. The number of pyridine rings is 1. The van der Waals surface area contributed by atoms with Crippen molar-refractivity contribution in [2.24, 2.45) is 16.1 Å². The topological polar surface area (TPSA) is 152 Å². The van der Waals surface area contributed by atoms with Gasteiger partial charge in [0.2, 0.25) is 5.95 Å². The molecule has 1 aromatic carbocycles. The van der Waals surface area contributed by atoms with E-state index in [0.717, 1.165) is 93.5 Å². The lowest BCUT2D eigenvalue weighted by molar-refractivity contribution is 0.140. The van der Waals surface area contributed by atoms with Gasteiger partial charge >= 0.3 is 6.03 Å². The van der Waals surface area contributed by atoms with E-state index < -0.39 is 0 Å². The summed E-state index contributed by atoms with van der Waals surface area (Å²) in [6, 6.07) is 12.3. The van der Waals surface area contributed by atoms with Crippen LogP contribution >= 0.6 is 0 Å². The highest BCUT2D eigenvalue weighted by molar-refractivity contribution is 6.05. The van der Waals surface area contributed by atoms with Crippen LogP contribution in [0.5, 0.6) is 5.75 Å². The van der Waals surface area contributed by atoms with E-state index in [0.29, 0.717) is 35.7 Å². The quantitative estimate of drug-likeness (QED) is 0.132. The average molecular weight is 752 g/mol. The highest BCUT2D eigenvalue weighted by Crippen LogP contribution is 2.39. The Morgan fingerprint density at radius 2 is 1.78 bits per heavy atom. The van der Waals surface area contributed by atoms with E-state index in [4.69, 9.17) is 20.2 Å². The van der Waals surface area contributed by atoms with E-state index in [-0.39, 0.29) is 23.6 Å². The van der Waals surface area contributed by atoms with Crippen molar-refractivity contribution >= 4 is 29.1 Å². The Labute approximate surface area is 324 Å². The molecule has 3 aromatic heterocycles. The number of amidine groups is 1. The minimum absolute atomic E-state index is 0.182. The molecule has 2 amide bonds. The number of nitrogens with two attached hydrogens (primary N) is 1. The first-order valence-corrected chi connectivity index (χ1v) is 19.9. The fraction of sp³-hybridized carbons (Fsp3) is 0.537. The number of allylic oxidation sites excluding steroid dienone is 1. The molecule has 7 rings (SSSR count). The first-order chi connectivity index (χ1) is 26.5. The van der Waals surface area contributed by atoms with Crippen molar-refractivity contribution < 1.29 is 14.3 Å². The lowest BCUT2D eigenvalue weighted by Gasteiger charge is -2.39. The summed E-state index contributed by atoms with van der Waals surface area (Å²) in [5.41, 5.74) is 10.3. The second-order valence-electron chi connectivity index (χ2n) is 16.2. The predicted octanol–water partition coefficient (Wildman–Crippen LogP) is 6.29. The summed E-state index contributed by atoms with van der Waals surface area (Å²) in [6.45, 7) is 15.7. The Hall–Kier alpha value is -4.95. The third kappa shape index (κ3) is 9.30. The molecule has 0 bridgehead atoms. The van der Waals surface area contributed by atoms with Crippen LogP contribution < -0.4 is 26.0 Å². The lowest BCUT2D eigenvalue weighted by atomic mass is 9.85. The maximum absolute atomic E-state index is 13.7. The lowest BCUT2D eigenvalue weighted by Crippen LogP contribution is -2.44. The average Bonchev–Trinajstić information content (AvgIpc) is 3.69. The van der Waals surface area contributed by atoms with Gasteiger partial charge < -0.3 is 25.4 Å². The number of aliphatic imine (C=N–C) groups is 1. The molecule has 55 heavy (non-hydrogen) atoms. The van der Waals surface area contributed by atoms with Crippen LogP contribution in [0.2, 0.25) is 0 Å². The number of urea groups is 1. The number of amides is 2. The molecule has 2 saturated heterocycles. The Bertz CT molecular complexity index is 1980. The number of benzene rings is 1. The number of carbonyl (C=O) groups excluding carboxylic acids is 1. The molecular weight excluding hydrogens is 695 g/mol. The van der Waals surface area contributed by atoms with Crippen molar-refractivity contribution in [3.63, 3.8) is 0 Å². The van der Waals surface area contributed by atoms with Crippen LogP contribution in [0.1, 0.15) is 96.4 Å². The first-order valence-electron chi connectivity index (χ1n) is 19.9. The summed E-state index contributed by atoms with van der Waals surface area (Å²) >= 11 is 0. The third-order valence-corrected chi connectivity index (χ3v) is 11.0. The van der Waals surface area contributed by atoms with Gasteiger partial charge in [-0.2, -0.15) is 5.10 Å². The molecule has 0 spiro atoms. The molecule has 1 unspecified atom stereocenters. The molecular formula is C41H57N11O3. The van der Waals surface area contributed by atoms with Gasteiger partial charge in [-0.3, -0.25) is 19.3 Å². The number of carbonyl (C=O) groups is 1. The van der Waals surface area contributed by atoms with E-state index in [9.17, 15) is 4.79 Å². The molecule has 2 fully saturated rings. The monoisotopic (exact) mass is 751 g/mol. The van der Waals surface area contributed by atoms with Crippen molar-refractivity contribution in [3.05, 3.63) is 77.9 Å². The van der Waals surface area contributed by atoms with Gasteiger partial charge in [0, 0.05) is 55.5 Å². The van der Waals surface area contributed by atoms with E-state index in [1.807, 2.05) is 62.1 Å². The molecule has 0 saturated carbocycles. The van der Waals surface area contributed by atoms with Gasteiger partial charge in [0.1, 0.15) is 23.4 Å². The van der Waals surface area contributed by atoms with E-state index >= 15 is 0 Å². The number of hydrogen-bond acceptors (Lipinski definition) is 10. The van der Waals surface area contributed by atoms with Crippen molar-refractivity contribution in [1.82, 2.24) is 39.9 Å². The summed E-state index contributed by atoms with van der Waals surface area (Å²) in [7, 11) is 0. The second-order valence-corrected chi connectivity index (χ2v) is 16.2. The molecule has 294 valence electrons. The van der Waals surface area contributed by atoms with E-state index in [2.05, 4.69) is 66.1 Å². The van der Waals surface area contributed by atoms with Crippen LogP contribution in [-0.4, -0.2) is 86.1 Å². The smallest absolute Gasteiger partial charge is 0.320 e. The highest BCUT2D eigenvalue weighted by Gasteiger charge is 2.31. The summed E-state index contributed by atoms with van der Waals surface area (Å²) in [4.78, 5) is 23.2.